The molecule has 1 N–H and O–H groups in total. The number of thiophene rings is 1. The molecule has 4 aromatic rings. The molecule has 3 heterocycles. The SMILES string of the molecule is COc1ccccc1[C@@H](Cn1c(=O)n(C(C)(C)C(=O)NS(C)(=O)=O)c(=O)c2c(C)c(-c3ncco3)sc21)OC(C)C. The summed E-state index contributed by atoms with van der Waals surface area (Å²) < 4.78 is 45.1. The Hall–Kier alpha value is -3.75. The largest absolute Gasteiger partial charge is 0.496 e. The summed E-state index contributed by atoms with van der Waals surface area (Å²) >= 11 is 1.15. The van der Waals surface area contributed by atoms with E-state index in [0.717, 1.165) is 22.2 Å². The minimum atomic E-state index is -3.98. The van der Waals surface area contributed by atoms with E-state index in [1.807, 2.05) is 36.8 Å². The number of ether oxygens (including phenoxy) is 2. The van der Waals surface area contributed by atoms with Gasteiger partial charge in [-0.3, -0.25) is 18.9 Å². The fourth-order valence-electron chi connectivity index (χ4n) is 4.58. The van der Waals surface area contributed by atoms with Gasteiger partial charge >= 0.3 is 5.69 Å². The van der Waals surface area contributed by atoms with Crippen LogP contribution in [-0.2, 0) is 31.6 Å². The number of methoxy groups -OCH3 is 1. The van der Waals surface area contributed by atoms with Crippen LogP contribution in [0.2, 0.25) is 0 Å². The Morgan fingerprint density at radius 1 is 1.22 bits per heavy atom. The van der Waals surface area contributed by atoms with E-state index in [1.165, 1.54) is 38.0 Å². The fourth-order valence-corrected chi connectivity index (χ4v) is 6.40. The summed E-state index contributed by atoms with van der Waals surface area (Å²) in [5.74, 6) is -0.223. The molecule has 0 radical (unpaired) electrons. The molecule has 4 rings (SSSR count). The van der Waals surface area contributed by atoms with Crippen molar-refractivity contribution in [2.45, 2.75) is 58.9 Å². The molecule has 12 nitrogen and oxygen atoms in total. The number of rotatable bonds is 10. The van der Waals surface area contributed by atoms with Gasteiger partial charge in [0.2, 0.25) is 15.9 Å². The Morgan fingerprint density at radius 3 is 2.49 bits per heavy atom. The Bertz CT molecular complexity index is 1820. The van der Waals surface area contributed by atoms with Gasteiger partial charge in [-0.2, -0.15) is 0 Å². The van der Waals surface area contributed by atoms with Crippen molar-refractivity contribution in [3.05, 3.63) is 68.7 Å². The minimum Gasteiger partial charge on any atom is -0.496 e. The zero-order valence-electron chi connectivity index (χ0n) is 23.8. The Kier molecular flexibility index (Phi) is 8.30. The summed E-state index contributed by atoms with van der Waals surface area (Å²) in [5.41, 5.74) is -2.28. The summed E-state index contributed by atoms with van der Waals surface area (Å²) in [4.78, 5) is 46.4. The second-order valence-corrected chi connectivity index (χ2v) is 13.0. The molecular formula is C27H32N4O8S2. The Morgan fingerprint density at radius 2 is 1.90 bits per heavy atom. The fraction of sp³-hybridized carbons (Fsp3) is 0.407. The predicted octanol–water partition coefficient (Wildman–Crippen LogP) is 3.17. The molecule has 41 heavy (non-hydrogen) atoms. The first-order chi connectivity index (χ1) is 19.2. The van der Waals surface area contributed by atoms with Crippen molar-refractivity contribution in [1.29, 1.82) is 0 Å². The highest BCUT2D eigenvalue weighted by Gasteiger charge is 2.37. The number of hydrogen-bond donors (Lipinski definition) is 1. The van der Waals surface area contributed by atoms with Gasteiger partial charge in [0.25, 0.3) is 11.5 Å². The standard InChI is InChI=1S/C27H32N4O8S2/c1-15(2)39-19(17-10-8-9-11-18(17)37-6)14-30-24-20(16(3)21(40-24)22-28-12-13-38-22)23(32)31(26(30)34)27(4,5)25(33)29-41(7,35)36/h8-13,15,19H,14H2,1-7H3,(H,29,33)/t19-/m1/s1. The van der Waals surface area contributed by atoms with E-state index >= 15 is 0 Å². The summed E-state index contributed by atoms with van der Waals surface area (Å²) in [6.45, 7) is 7.98. The van der Waals surface area contributed by atoms with Gasteiger partial charge in [0.15, 0.2) is 0 Å². The predicted molar refractivity (Wildman–Crippen MR) is 155 cm³/mol. The maximum atomic E-state index is 14.2. The zero-order chi connectivity index (χ0) is 30.3. The van der Waals surface area contributed by atoms with Crippen LogP contribution in [0, 0.1) is 6.92 Å². The van der Waals surface area contributed by atoms with Crippen LogP contribution in [0.5, 0.6) is 5.75 Å². The number of sulfonamides is 1. The highest BCUT2D eigenvalue weighted by Crippen LogP contribution is 2.37. The van der Waals surface area contributed by atoms with E-state index in [2.05, 4.69) is 4.98 Å². The molecular weight excluding hydrogens is 572 g/mol. The number of amides is 1. The first-order valence-corrected chi connectivity index (χ1v) is 15.4. The van der Waals surface area contributed by atoms with E-state index in [-0.39, 0.29) is 23.9 Å². The van der Waals surface area contributed by atoms with Crippen LogP contribution in [0.4, 0.5) is 0 Å². The van der Waals surface area contributed by atoms with Crippen molar-refractivity contribution in [1.82, 2.24) is 18.8 Å². The normalized spacial score (nSPS) is 13.1. The van der Waals surface area contributed by atoms with Crippen LogP contribution in [0.25, 0.3) is 21.0 Å². The number of nitrogens with zero attached hydrogens (tertiary/aromatic N) is 3. The number of carbonyl (C=O) groups excluding carboxylic acids is 1. The summed E-state index contributed by atoms with van der Waals surface area (Å²) in [6, 6.07) is 7.24. The lowest BCUT2D eigenvalue weighted by atomic mass is 10.0. The third kappa shape index (κ3) is 5.85. The monoisotopic (exact) mass is 604 g/mol. The smallest absolute Gasteiger partial charge is 0.333 e. The third-order valence-electron chi connectivity index (χ3n) is 6.50. The molecule has 0 unspecified atom stereocenters. The second-order valence-electron chi connectivity index (χ2n) is 10.3. The van der Waals surface area contributed by atoms with Gasteiger partial charge in [-0.1, -0.05) is 18.2 Å². The number of aryl methyl sites for hydroxylation is 1. The van der Waals surface area contributed by atoms with Gasteiger partial charge in [0.05, 0.1) is 42.5 Å². The van der Waals surface area contributed by atoms with Gasteiger partial charge in [-0.25, -0.2) is 22.8 Å². The lowest BCUT2D eigenvalue weighted by Crippen LogP contribution is -2.56. The molecule has 220 valence electrons. The van der Waals surface area contributed by atoms with Crippen LogP contribution in [-0.4, -0.2) is 47.9 Å². The van der Waals surface area contributed by atoms with Gasteiger partial charge in [0, 0.05) is 5.56 Å². The molecule has 1 amide bonds. The van der Waals surface area contributed by atoms with Crippen molar-refractivity contribution >= 4 is 37.5 Å². The van der Waals surface area contributed by atoms with Gasteiger partial charge in [-0.05, 0) is 46.2 Å². The molecule has 14 heteroatoms. The first kappa shape index (κ1) is 30.2. The molecule has 0 saturated heterocycles. The Balaban J connectivity index is 2.05. The van der Waals surface area contributed by atoms with E-state index in [0.29, 0.717) is 26.6 Å². The number of carbonyl (C=O) groups is 1. The van der Waals surface area contributed by atoms with Crippen molar-refractivity contribution in [2.24, 2.45) is 0 Å². The second kappa shape index (κ2) is 11.3. The first-order valence-electron chi connectivity index (χ1n) is 12.7. The number of nitrogens with one attached hydrogen (secondary N) is 1. The van der Waals surface area contributed by atoms with Crippen molar-refractivity contribution < 1.29 is 27.1 Å². The van der Waals surface area contributed by atoms with E-state index in [1.54, 1.807) is 13.0 Å². The molecule has 0 spiro atoms. The topological polar surface area (TPSA) is 152 Å². The van der Waals surface area contributed by atoms with E-state index < -0.39 is 38.8 Å². The van der Waals surface area contributed by atoms with Crippen LogP contribution in [0.1, 0.15) is 44.9 Å². The molecule has 3 aromatic heterocycles. The van der Waals surface area contributed by atoms with E-state index in [4.69, 9.17) is 13.9 Å². The molecule has 0 aliphatic heterocycles. The summed E-state index contributed by atoms with van der Waals surface area (Å²) in [5, 5.41) is 0.173. The quantitative estimate of drug-likeness (QED) is 0.288. The van der Waals surface area contributed by atoms with Crippen molar-refractivity contribution in [2.75, 3.05) is 13.4 Å². The van der Waals surface area contributed by atoms with Gasteiger partial charge < -0.3 is 13.9 Å². The van der Waals surface area contributed by atoms with Gasteiger partial charge in [-0.15, -0.1) is 11.3 Å². The van der Waals surface area contributed by atoms with Crippen LogP contribution in [0.3, 0.4) is 0 Å². The zero-order valence-corrected chi connectivity index (χ0v) is 25.4. The Labute approximate surface area is 240 Å². The average molecular weight is 605 g/mol. The van der Waals surface area contributed by atoms with Crippen LogP contribution in [0.15, 0.2) is 50.7 Å². The minimum absolute atomic E-state index is 0.0527. The maximum Gasteiger partial charge on any atom is 0.333 e. The van der Waals surface area contributed by atoms with Crippen LogP contribution < -0.4 is 20.7 Å². The highest BCUT2D eigenvalue weighted by atomic mass is 32.2. The number of fused-ring (bicyclic) bond motifs is 1. The third-order valence-corrected chi connectivity index (χ3v) is 8.36. The van der Waals surface area contributed by atoms with Crippen molar-refractivity contribution in [3.8, 4) is 16.5 Å². The molecule has 0 saturated carbocycles. The number of hydrogen-bond acceptors (Lipinski definition) is 10. The number of oxazole rings is 1. The molecule has 1 aromatic carbocycles. The molecule has 0 bridgehead atoms. The molecule has 0 fully saturated rings. The summed E-state index contributed by atoms with van der Waals surface area (Å²) in [7, 11) is -2.45. The number of para-hydroxylation sites is 1. The van der Waals surface area contributed by atoms with Crippen LogP contribution >= 0.6 is 11.3 Å². The van der Waals surface area contributed by atoms with Crippen molar-refractivity contribution in [3.63, 3.8) is 0 Å². The highest BCUT2D eigenvalue weighted by molar-refractivity contribution is 7.89. The maximum absolute atomic E-state index is 14.2. The van der Waals surface area contributed by atoms with Gasteiger partial charge in [0.1, 0.15) is 28.5 Å². The number of benzene rings is 1. The molecule has 1 atom stereocenters. The van der Waals surface area contributed by atoms with E-state index in [9.17, 15) is 22.8 Å². The summed E-state index contributed by atoms with van der Waals surface area (Å²) in [6.07, 6.45) is 2.75. The molecule has 0 aliphatic carbocycles. The lowest BCUT2D eigenvalue weighted by Gasteiger charge is -2.28. The lowest BCUT2D eigenvalue weighted by molar-refractivity contribution is -0.126. The average Bonchev–Trinajstić information content (AvgIpc) is 3.52. The molecule has 0 aliphatic rings. The number of aromatic nitrogens is 3.